The number of rotatable bonds is 14. The Morgan fingerprint density at radius 2 is 1.97 bits per heavy atom. The fraction of sp³-hybridized carbons (Fsp3) is 0.714. The number of β-lactam (4-membered cyclic amide) rings is 1. The number of fused-ring (bicyclic) bond motifs is 1. The Hall–Kier alpha value is -2.38. The molecule has 2 atom stereocenters. The van der Waals surface area contributed by atoms with Gasteiger partial charge in [-0.05, 0) is 35.6 Å². The second-order valence-electron chi connectivity index (χ2n) is 7.97. The van der Waals surface area contributed by atoms with Gasteiger partial charge in [0, 0.05) is 12.9 Å². The zero-order chi connectivity index (χ0) is 29.2. The number of nitrogens with zero attached hydrogens (tertiary/aromatic N) is 6. The maximum atomic E-state index is 12.8. The summed E-state index contributed by atoms with van der Waals surface area (Å²) in [4.78, 5) is 40.0. The number of tetrazole rings is 1. The molecular weight excluding hydrogens is 564 g/mol. The fourth-order valence-corrected chi connectivity index (χ4v) is 5.04. The van der Waals surface area contributed by atoms with Gasteiger partial charge in [-0.1, -0.05) is 44.3 Å². The second kappa shape index (κ2) is 15.4. The molecule has 2 amide bonds. The molecule has 3 N–H and O–H groups in total. The van der Waals surface area contributed by atoms with Crippen molar-refractivity contribution in [3.05, 3.63) is 11.3 Å². The molecule has 0 saturated carbocycles. The van der Waals surface area contributed by atoms with Gasteiger partial charge in [-0.2, -0.15) is 8.78 Å². The van der Waals surface area contributed by atoms with Gasteiger partial charge < -0.3 is 29.9 Å². The number of amides is 2. The molecule has 0 bridgehead atoms. The molecule has 1 saturated heterocycles. The molecule has 3 heterocycles. The van der Waals surface area contributed by atoms with E-state index >= 15 is 0 Å². The van der Waals surface area contributed by atoms with Crippen molar-refractivity contribution in [1.29, 1.82) is 0 Å². The monoisotopic (exact) mass is 597 g/mol. The lowest BCUT2D eigenvalue weighted by Crippen LogP contribution is -2.82. The lowest BCUT2D eigenvalue weighted by atomic mass is 9.94. The first kappa shape index (κ1) is 32.8. The Morgan fingerprint density at radius 3 is 2.49 bits per heavy atom. The van der Waals surface area contributed by atoms with Crippen LogP contribution in [0.15, 0.2) is 16.4 Å². The molecule has 0 unspecified atom stereocenters. The fourth-order valence-electron chi connectivity index (χ4n) is 3.79. The molecule has 2 aliphatic heterocycles. The molecule has 0 spiro atoms. The van der Waals surface area contributed by atoms with Gasteiger partial charge in [0.25, 0.3) is 17.4 Å². The summed E-state index contributed by atoms with van der Waals surface area (Å²) in [6.07, 6.45) is -1.29. The largest absolute Gasteiger partial charge is 0.477 e. The summed E-state index contributed by atoms with van der Waals surface area (Å²) >= 11 is 1.14. The molecular formula is C21H33F2N7O7S2. The molecule has 3 rings (SSSR count). The topological polar surface area (TPSA) is 172 Å². The summed E-state index contributed by atoms with van der Waals surface area (Å²) < 4.78 is 36.7. The number of aliphatic hydroxyl groups is 1. The van der Waals surface area contributed by atoms with E-state index in [9.17, 15) is 28.3 Å². The Morgan fingerprint density at radius 1 is 1.31 bits per heavy atom. The number of aromatic nitrogens is 4. The normalized spacial score (nSPS) is 20.5. The zero-order valence-electron chi connectivity index (χ0n) is 22.0. The Bertz CT molecular complexity index is 1020. The minimum absolute atomic E-state index is 0.0569. The van der Waals surface area contributed by atoms with Crippen molar-refractivity contribution in [3.63, 3.8) is 0 Å². The van der Waals surface area contributed by atoms with Crippen LogP contribution < -0.4 is 5.32 Å². The highest BCUT2D eigenvalue weighted by Crippen LogP contribution is 2.41. The van der Waals surface area contributed by atoms with E-state index in [0.717, 1.165) is 23.8 Å². The smallest absolute Gasteiger partial charge is 0.352 e. The molecule has 1 fully saturated rings. The maximum Gasteiger partial charge on any atom is 0.352 e. The number of hydrogen-bond donors (Lipinski definition) is 3. The minimum atomic E-state index is -2.78. The van der Waals surface area contributed by atoms with Crippen molar-refractivity contribution < 1.29 is 42.9 Å². The third kappa shape index (κ3) is 7.85. The number of nitrogens with one attached hydrogen (secondary N) is 1. The first-order valence-corrected chi connectivity index (χ1v) is 14.0. The van der Waals surface area contributed by atoms with Gasteiger partial charge in [-0.25, -0.2) is 9.48 Å². The van der Waals surface area contributed by atoms with Crippen LogP contribution in [0.5, 0.6) is 0 Å². The predicted molar refractivity (Wildman–Crippen MR) is 137 cm³/mol. The van der Waals surface area contributed by atoms with Crippen LogP contribution in [0.3, 0.4) is 0 Å². The van der Waals surface area contributed by atoms with Gasteiger partial charge in [0.2, 0.25) is 11.1 Å². The number of ether oxygens (including phenoxy) is 2. The van der Waals surface area contributed by atoms with E-state index in [-0.39, 0.29) is 48.5 Å². The molecule has 220 valence electrons. The van der Waals surface area contributed by atoms with Crippen LogP contribution in [-0.2, 0) is 30.4 Å². The second-order valence-corrected chi connectivity index (χ2v) is 9.89. The van der Waals surface area contributed by atoms with E-state index in [4.69, 9.17) is 14.6 Å². The van der Waals surface area contributed by atoms with Crippen LogP contribution in [-0.4, -0.2) is 127 Å². The Kier molecular flexibility index (Phi) is 13.0. The highest BCUT2D eigenvalue weighted by atomic mass is 32.2. The predicted octanol–water partition coefficient (Wildman–Crippen LogP) is 0.0575. The lowest BCUT2D eigenvalue weighted by Gasteiger charge is -2.55. The summed E-state index contributed by atoms with van der Waals surface area (Å²) in [5.74, 6) is -6.56. The molecule has 1 aromatic rings. The van der Waals surface area contributed by atoms with Gasteiger partial charge >= 0.3 is 5.97 Å². The van der Waals surface area contributed by atoms with Crippen LogP contribution >= 0.6 is 23.5 Å². The number of halogens is 2. The van der Waals surface area contributed by atoms with Gasteiger partial charge in [0.1, 0.15) is 5.70 Å². The third-order valence-electron chi connectivity index (χ3n) is 5.83. The zero-order valence-corrected chi connectivity index (χ0v) is 23.6. The van der Waals surface area contributed by atoms with Gasteiger partial charge in [-0.15, -0.1) is 5.10 Å². The minimum Gasteiger partial charge on any atom is -0.477 e. The van der Waals surface area contributed by atoms with Crippen molar-refractivity contribution in [2.75, 3.05) is 51.5 Å². The lowest BCUT2D eigenvalue weighted by molar-refractivity contribution is -0.257. The standard InChI is InChI=1S/C15H18F2N6O7S2.C6H15N/c1-29-15(18-8(25)6-31-13(16)17)11(28)23-9(10(26)27)7(4-30-12(15)23)5-32-14-19-20-21-22(14)2-3-24;1-4-7(5-2)6-3/h12-13,24H,2-6H2,1H3,(H,18,25)(H,26,27);4-6H2,1-3H3/t12-,15+;/m1./s1. The van der Waals surface area contributed by atoms with Crippen LogP contribution in [0.2, 0.25) is 0 Å². The van der Waals surface area contributed by atoms with E-state index in [0.29, 0.717) is 5.16 Å². The number of carboxylic acids is 1. The van der Waals surface area contributed by atoms with Gasteiger partial charge in [0.15, 0.2) is 6.23 Å². The molecule has 0 radical (unpaired) electrons. The van der Waals surface area contributed by atoms with Crippen molar-refractivity contribution in [1.82, 2.24) is 35.3 Å². The van der Waals surface area contributed by atoms with Crippen molar-refractivity contribution in [2.24, 2.45) is 0 Å². The number of aliphatic carboxylic acids is 1. The van der Waals surface area contributed by atoms with E-state index < -0.39 is 41.2 Å². The third-order valence-corrected chi connectivity index (χ3v) is 7.55. The molecule has 2 aliphatic rings. The van der Waals surface area contributed by atoms with Crippen molar-refractivity contribution in [2.45, 2.75) is 50.2 Å². The molecule has 39 heavy (non-hydrogen) atoms. The Balaban J connectivity index is 0.000000673. The number of carbonyl (C=O) groups is 3. The maximum absolute atomic E-state index is 12.8. The number of hydrogen-bond acceptors (Lipinski definition) is 12. The van der Waals surface area contributed by atoms with E-state index in [1.54, 1.807) is 0 Å². The summed E-state index contributed by atoms with van der Waals surface area (Å²) in [5, 5.41) is 32.3. The van der Waals surface area contributed by atoms with Crippen LogP contribution in [0.1, 0.15) is 20.8 Å². The van der Waals surface area contributed by atoms with Crippen LogP contribution in [0, 0.1) is 0 Å². The number of carbonyl (C=O) groups excluding carboxylic acids is 2. The number of methoxy groups -OCH3 is 1. The average molecular weight is 598 g/mol. The molecule has 1 aromatic heterocycles. The van der Waals surface area contributed by atoms with Crippen LogP contribution in [0.4, 0.5) is 8.78 Å². The van der Waals surface area contributed by atoms with Crippen molar-refractivity contribution in [3.8, 4) is 0 Å². The van der Waals surface area contributed by atoms with Gasteiger partial charge in [-0.3, -0.25) is 14.5 Å². The molecule has 0 aliphatic carbocycles. The highest BCUT2D eigenvalue weighted by Gasteiger charge is 2.67. The van der Waals surface area contributed by atoms with Crippen molar-refractivity contribution >= 4 is 41.3 Å². The van der Waals surface area contributed by atoms with E-state index in [1.165, 1.54) is 24.3 Å². The van der Waals surface area contributed by atoms with Crippen LogP contribution in [0.25, 0.3) is 0 Å². The molecule has 18 heteroatoms. The summed E-state index contributed by atoms with van der Waals surface area (Å²) in [6.45, 7) is 9.86. The van der Waals surface area contributed by atoms with E-state index in [2.05, 4.69) is 46.5 Å². The number of thioether (sulfide) groups is 2. The number of aliphatic hydroxyl groups excluding tert-OH is 1. The molecule has 14 nitrogen and oxygen atoms in total. The summed E-state index contributed by atoms with van der Waals surface area (Å²) in [7, 11) is 1.11. The Labute approximate surface area is 232 Å². The SMILES string of the molecule is CCN(CC)CC.CO[C@@]1(NC(=O)CSC(F)F)C(=O)N2C(C(=O)O)=C(CSc3nnnn3CCO)CO[C@@H]21. The molecule has 0 aromatic carbocycles. The number of carboxylic acid groups (broad SMARTS) is 1. The summed E-state index contributed by atoms with van der Waals surface area (Å²) in [6, 6.07) is 0. The average Bonchev–Trinajstić information content (AvgIpc) is 3.37. The first-order chi connectivity index (χ1) is 18.6. The van der Waals surface area contributed by atoms with Gasteiger partial charge in [0.05, 0.1) is 25.5 Å². The summed E-state index contributed by atoms with van der Waals surface area (Å²) in [5.41, 5.74) is -2.12. The number of alkyl halides is 2. The first-order valence-electron chi connectivity index (χ1n) is 12.0. The quantitative estimate of drug-likeness (QED) is 0.149. The van der Waals surface area contributed by atoms with E-state index in [1.807, 2.05) is 0 Å². The highest BCUT2D eigenvalue weighted by molar-refractivity contribution is 8.00.